The third-order valence-corrected chi connectivity index (χ3v) is 5.39. The van der Waals surface area contributed by atoms with Gasteiger partial charge in [-0.25, -0.2) is 0 Å². The number of rotatable bonds is 3. The molecule has 118 valence electrons. The lowest BCUT2D eigenvalue weighted by atomic mass is 10.1. The van der Waals surface area contributed by atoms with Crippen LogP contribution >= 0.6 is 24.2 Å². The van der Waals surface area contributed by atoms with Crippen LogP contribution in [-0.4, -0.2) is 58.3 Å². The monoisotopic (exact) mass is 330 g/mol. The molecule has 1 N–H and O–H groups in total. The molecule has 2 unspecified atom stereocenters. The average Bonchev–Trinajstić information content (AvgIpc) is 3.18. The molecule has 3 heterocycles. The Morgan fingerprint density at radius 3 is 3.05 bits per heavy atom. The van der Waals surface area contributed by atoms with Gasteiger partial charge >= 0.3 is 0 Å². The average molecular weight is 331 g/mol. The van der Waals surface area contributed by atoms with Crippen LogP contribution < -0.4 is 5.32 Å². The van der Waals surface area contributed by atoms with Gasteiger partial charge in [0.05, 0.1) is 6.04 Å². The number of aromatic nitrogens is 2. The predicted octanol–water partition coefficient (Wildman–Crippen LogP) is 1.81. The zero-order valence-electron chi connectivity index (χ0n) is 12.3. The van der Waals surface area contributed by atoms with Gasteiger partial charge in [0.25, 0.3) is 5.91 Å². The van der Waals surface area contributed by atoms with Crippen molar-refractivity contribution in [2.75, 3.05) is 31.6 Å². The molecule has 1 aromatic heterocycles. The van der Waals surface area contributed by atoms with Crippen LogP contribution in [0.15, 0.2) is 12.3 Å². The van der Waals surface area contributed by atoms with E-state index in [0.717, 1.165) is 37.4 Å². The molecular formula is C14H23ClN4OS. The van der Waals surface area contributed by atoms with Gasteiger partial charge in [0.1, 0.15) is 5.69 Å². The number of carbonyl (C=O) groups excluding carboxylic acids is 1. The molecule has 2 atom stereocenters. The van der Waals surface area contributed by atoms with Crippen LogP contribution in [0.3, 0.4) is 0 Å². The van der Waals surface area contributed by atoms with Crippen LogP contribution in [0.1, 0.15) is 35.8 Å². The Balaban J connectivity index is 0.00000161. The second kappa shape index (κ2) is 7.51. The Labute approximate surface area is 136 Å². The van der Waals surface area contributed by atoms with Gasteiger partial charge in [0.2, 0.25) is 0 Å². The van der Waals surface area contributed by atoms with E-state index in [2.05, 4.69) is 10.4 Å². The number of carbonyl (C=O) groups is 1. The van der Waals surface area contributed by atoms with Gasteiger partial charge < -0.3 is 10.2 Å². The van der Waals surface area contributed by atoms with Crippen molar-refractivity contribution in [1.82, 2.24) is 20.0 Å². The summed E-state index contributed by atoms with van der Waals surface area (Å²) in [4.78, 5) is 14.3. The number of halogens is 1. The van der Waals surface area contributed by atoms with Crippen LogP contribution in [0, 0.1) is 0 Å². The Kier molecular flexibility index (Phi) is 5.96. The van der Waals surface area contributed by atoms with Crippen molar-refractivity contribution in [3.05, 3.63) is 18.0 Å². The van der Waals surface area contributed by atoms with Gasteiger partial charge in [-0.1, -0.05) is 0 Å². The molecule has 21 heavy (non-hydrogen) atoms. The molecule has 3 rings (SSSR count). The van der Waals surface area contributed by atoms with E-state index in [1.807, 2.05) is 40.7 Å². The summed E-state index contributed by atoms with van der Waals surface area (Å²) in [7, 11) is 1.90. The fraction of sp³-hybridized carbons (Fsp3) is 0.714. The number of amides is 1. The highest BCUT2D eigenvalue weighted by atomic mass is 35.5. The lowest BCUT2D eigenvalue weighted by Gasteiger charge is -2.24. The largest absolute Gasteiger partial charge is 0.336 e. The van der Waals surface area contributed by atoms with E-state index in [0.29, 0.717) is 17.8 Å². The third-order valence-electron chi connectivity index (χ3n) is 4.25. The summed E-state index contributed by atoms with van der Waals surface area (Å²) in [5, 5.41) is 7.89. The van der Waals surface area contributed by atoms with E-state index in [1.165, 1.54) is 6.42 Å². The smallest absolute Gasteiger partial charge is 0.274 e. The van der Waals surface area contributed by atoms with E-state index in [1.54, 1.807) is 0 Å². The normalized spacial score (nSPS) is 25.4. The molecule has 0 bridgehead atoms. The first-order valence-corrected chi connectivity index (χ1v) is 8.52. The molecule has 0 spiro atoms. The maximum absolute atomic E-state index is 12.5. The lowest BCUT2D eigenvalue weighted by molar-refractivity contribution is 0.0740. The number of piperidine rings is 1. The third kappa shape index (κ3) is 3.73. The van der Waals surface area contributed by atoms with Crippen LogP contribution in [-0.2, 0) is 0 Å². The van der Waals surface area contributed by atoms with Crippen LogP contribution in [0.2, 0.25) is 0 Å². The van der Waals surface area contributed by atoms with Gasteiger partial charge in [0.15, 0.2) is 0 Å². The van der Waals surface area contributed by atoms with Crippen molar-refractivity contribution in [1.29, 1.82) is 0 Å². The number of hydrogen-bond acceptors (Lipinski definition) is 4. The zero-order valence-corrected chi connectivity index (χ0v) is 14.0. The van der Waals surface area contributed by atoms with Crippen LogP contribution in [0.25, 0.3) is 0 Å². The van der Waals surface area contributed by atoms with Crippen LogP contribution in [0.4, 0.5) is 0 Å². The van der Waals surface area contributed by atoms with Crippen molar-refractivity contribution >= 4 is 30.1 Å². The predicted molar refractivity (Wildman–Crippen MR) is 88.4 cm³/mol. The molecule has 0 radical (unpaired) electrons. The van der Waals surface area contributed by atoms with E-state index in [-0.39, 0.29) is 18.3 Å². The molecule has 2 aliphatic rings. The fourth-order valence-electron chi connectivity index (χ4n) is 2.89. The molecule has 5 nitrogen and oxygen atoms in total. The number of nitrogens with zero attached hydrogens (tertiary/aromatic N) is 3. The van der Waals surface area contributed by atoms with Crippen molar-refractivity contribution in [3.63, 3.8) is 0 Å². The summed E-state index contributed by atoms with van der Waals surface area (Å²) < 4.78 is 1.95. The van der Waals surface area contributed by atoms with Crippen molar-refractivity contribution in [2.24, 2.45) is 0 Å². The van der Waals surface area contributed by atoms with Crippen molar-refractivity contribution < 1.29 is 4.79 Å². The number of thioether (sulfide) groups is 1. The summed E-state index contributed by atoms with van der Waals surface area (Å²) in [6, 6.07) is 2.61. The summed E-state index contributed by atoms with van der Waals surface area (Å²) in [5.74, 6) is 2.26. The SMILES string of the molecule is CN(C(=O)c1ccn(C2CCCNC2)n1)C1CCSC1.Cl. The first kappa shape index (κ1) is 16.6. The minimum absolute atomic E-state index is 0. The van der Waals surface area contributed by atoms with Gasteiger partial charge in [-0.15, -0.1) is 12.4 Å². The minimum Gasteiger partial charge on any atom is -0.336 e. The Morgan fingerprint density at radius 2 is 2.38 bits per heavy atom. The van der Waals surface area contributed by atoms with Gasteiger partial charge in [-0.05, 0) is 37.6 Å². The van der Waals surface area contributed by atoms with Crippen molar-refractivity contribution in [3.8, 4) is 0 Å². The molecule has 2 aliphatic heterocycles. The molecule has 1 aromatic rings. The first-order valence-electron chi connectivity index (χ1n) is 7.36. The Morgan fingerprint density at radius 1 is 1.52 bits per heavy atom. The molecule has 2 saturated heterocycles. The summed E-state index contributed by atoms with van der Waals surface area (Å²) in [5.41, 5.74) is 0.579. The first-order chi connectivity index (χ1) is 9.75. The van der Waals surface area contributed by atoms with E-state index < -0.39 is 0 Å². The minimum atomic E-state index is 0. The molecular weight excluding hydrogens is 308 g/mol. The van der Waals surface area contributed by atoms with Gasteiger partial charge in [-0.3, -0.25) is 9.48 Å². The maximum Gasteiger partial charge on any atom is 0.274 e. The highest BCUT2D eigenvalue weighted by Crippen LogP contribution is 2.23. The van der Waals surface area contributed by atoms with Crippen molar-refractivity contribution in [2.45, 2.75) is 31.3 Å². The van der Waals surface area contributed by atoms with Crippen LogP contribution in [0.5, 0.6) is 0 Å². The molecule has 0 saturated carbocycles. The fourth-order valence-corrected chi connectivity index (χ4v) is 4.16. The summed E-state index contributed by atoms with van der Waals surface area (Å²) in [6.45, 7) is 2.04. The summed E-state index contributed by atoms with van der Waals surface area (Å²) >= 11 is 1.92. The standard InChI is InChI=1S/C14H22N4OS.ClH/c1-17(12-5-8-20-10-12)14(19)13-4-7-18(16-13)11-3-2-6-15-9-11;/h4,7,11-12,15H,2-3,5-6,8-10H2,1H3;1H. The van der Waals surface area contributed by atoms with Gasteiger partial charge in [-0.2, -0.15) is 16.9 Å². The molecule has 7 heteroatoms. The molecule has 0 aromatic carbocycles. The Hall–Kier alpha value is -0.720. The lowest BCUT2D eigenvalue weighted by Crippen LogP contribution is -2.37. The van der Waals surface area contributed by atoms with E-state index in [9.17, 15) is 4.79 Å². The topological polar surface area (TPSA) is 50.2 Å². The second-order valence-electron chi connectivity index (χ2n) is 5.61. The quantitative estimate of drug-likeness (QED) is 0.918. The highest BCUT2D eigenvalue weighted by molar-refractivity contribution is 7.99. The molecule has 2 fully saturated rings. The maximum atomic E-state index is 12.5. The van der Waals surface area contributed by atoms with E-state index >= 15 is 0 Å². The molecule has 0 aliphatic carbocycles. The Bertz CT molecular complexity index is 469. The molecule has 1 amide bonds. The number of hydrogen-bond donors (Lipinski definition) is 1. The van der Waals surface area contributed by atoms with Gasteiger partial charge in [0, 0.05) is 31.6 Å². The zero-order chi connectivity index (χ0) is 13.9. The number of nitrogens with one attached hydrogen (secondary N) is 1. The second-order valence-corrected chi connectivity index (χ2v) is 6.76. The highest BCUT2D eigenvalue weighted by Gasteiger charge is 2.26. The summed E-state index contributed by atoms with van der Waals surface area (Å²) in [6.07, 6.45) is 5.35. The van der Waals surface area contributed by atoms with E-state index in [4.69, 9.17) is 0 Å².